The number of likely N-dealkylation sites (tertiary alicyclic amines) is 1. The van der Waals surface area contributed by atoms with E-state index in [2.05, 4.69) is 0 Å². The third-order valence-electron chi connectivity index (χ3n) is 3.14. The van der Waals surface area contributed by atoms with E-state index < -0.39 is 17.6 Å². The van der Waals surface area contributed by atoms with Crippen molar-refractivity contribution < 1.29 is 18.0 Å². The van der Waals surface area contributed by atoms with Gasteiger partial charge in [-0.3, -0.25) is 4.79 Å². The summed E-state index contributed by atoms with van der Waals surface area (Å²) in [7, 11) is 0. The van der Waals surface area contributed by atoms with E-state index in [9.17, 15) is 18.0 Å². The quantitative estimate of drug-likeness (QED) is 0.795. The van der Waals surface area contributed by atoms with Crippen molar-refractivity contribution in [1.29, 1.82) is 0 Å². The molecule has 6 heteroatoms. The predicted molar refractivity (Wildman–Crippen MR) is 53.7 cm³/mol. The Kier molecular flexibility index (Phi) is 3.52. The number of alkyl halides is 3. The molecule has 1 amide bonds. The molecule has 1 rings (SSSR count). The molecule has 16 heavy (non-hydrogen) atoms. The number of hydrogen-bond donors (Lipinski definition) is 1. The maximum atomic E-state index is 12.6. The standard InChI is InChI=1S/C10H17F3N2O/c1-3-7-5-4-6-15(7)8(16)9(2,14)10(11,12)13/h7H,3-6,14H2,1-2H3. The molecule has 0 aromatic rings. The molecule has 94 valence electrons. The minimum atomic E-state index is -4.70. The molecule has 0 aromatic heterocycles. The van der Waals surface area contributed by atoms with Gasteiger partial charge in [0.15, 0.2) is 5.54 Å². The zero-order valence-corrected chi connectivity index (χ0v) is 9.47. The van der Waals surface area contributed by atoms with Crippen molar-refractivity contribution in [2.24, 2.45) is 5.73 Å². The van der Waals surface area contributed by atoms with Crippen LogP contribution in [0.1, 0.15) is 33.1 Å². The number of nitrogens with two attached hydrogens (primary N) is 1. The molecule has 1 aliphatic heterocycles. The third kappa shape index (κ3) is 2.16. The second-order valence-electron chi connectivity index (χ2n) is 4.40. The first kappa shape index (κ1) is 13.3. The summed E-state index contributed by atoms with van der Waals surface area (Å²) in [6.45, 7) is 2.97. The van der Waals surface area contributed by atoms with Gasteiger partial charge in [0.2, 0.25) is 0 Å². The van der Waals surface area contributed by atoms with Gasteiger partial charge in [-0.15, -0.1) is 0 Å². The normalized spacial score (nSPS) is 25.6. The first-order valence-electron chi connectivity index (χ1n) is 5.38. The number of amides is 1. The molecule has 1 saturated heterocycles. The Balaban J connectivity index is 2.85. The smallest absolute Gasteiger partial charge is 0.338 e. The van der Waals surface area contributed by atoms with Crippen LogP contribution in [-0.2, 0) is 4.79 Å². The minimum Gasteiger partial charge on any atom is -0.338 e. The van der Waals surface area contributed by atoms with E-state index in [0.717, 1.165) is 19.8 Å². The van der Waals surface area contributed by atoms with Crippen LogP contribution in [0.3, 0.4) is 0 Å². The molecule has 2 unspecified atom stereocenters. The molecular formula is C10H17F3N2O. The Bertz CT molecular complexity index is 276. The highest BCUT2D eigenvalue weighted by atomic mass is 19.4. The number of hydrogen-bond acceptors (Lipinski definition) is 2. The summed E-state index contributed by atoms with van der Waals surface area (Å²) in [5, 5.41) is 0. The largest absolute Gasteiger partial charge is 0.415 e. The van der Waals surface area contributed by atoms with Crippen molar-refractivity contribution in [3.05, 3.63) is 0 Å². The number of carbonyl (C=O) groups is 1. The lowest BCUT2D eigenvalue weighted by atomic mass is 10.0. The van der Waals surface area contributed by atoms with E-state index >= 15 is 0 Å². The Morgan fingerprint density at radius 1 is 1.50 bits per heavy atom. The van der Waals surface area contributed by atoms with Gasteiger partial charge in [-0.25, -0.2) is 0 Å². The fraction of sp³-hybridized carbons (Fsp3) is 0.900. The molecule has 3 nitrogen and oxygen atoms in total. The molecule has 1 heterocycles. The fourth-order valence-electron chi connectivity index (χ4n) is 1.95. The topological polar surface area (TPSA) is 46.3 Å². The van der Waals surface area contributed by atoms with Gasteiger partial charge in [0.1, 0.15) is 0 Å². The van der Waals surface area contributed by atoms with Crippen molar-refractivity contribution in [2.45, 2.75) is 50.9 Å². The van der Waals surface area contributed by atoms with E-state index in [0.29, 0.717) is 13.0 Å². The summed E-state index contributed by atoms with van der Waals surface area (Å²) in [5.74, 6) is -1.01. The van der Waals surface area contributed by atoms with Crippen molar-refractivity contribution in [2.75, 3.05) is 6.54 Å². The van der Waals surface area contributed by atoms with Crippen molar-refractivity contribution in [3.63, 3.8) is 0 Å². The average Bonchev–Trinajstić information content (AvgIpc) is 2.62. The summed E-state index contributed by atoms with van der Waals surface area (Å²) < 4.78 is 37.8. The van der Waals surface area contributed by atoms with E-state index in [-0.39, 0.29) is 6.04 Å². The van der Waals surface area contributed by atoms with Crippen LogP contribution in [0, 0.1) is 0 Å². The highest BCUT2D eigenvalue weighted by molar-refractivity contribution is 5.87. The highest BCUT2D eigenvalue weighted by Crippen LogP contribution is 2.32. The zero-order valence-electron chi connectivity index (χ0n) is 9.47. The fourth-order valence-corrected chi connectivity index (χ4v) is 1.95. The molecule has 2 N–H and O–H groups in total. The van der Waals surface area contributed by atoms with Crippen LogP contribution in [0.2, 0.25) is 0 Å². The Hall–Kier alpha value is -0.780. The monoisotopic (exact) mass is 238 g/mol. The van der Waals surface area contributed by atoms with E-state index in [4.69, 9.17) is 5.73 Å². The Labute approximate surface area is 92.8 Å². The molecule has 1 aliphatic rings. The van der Waals surface area contributed by atoms with E-state index in [1.807, 2.05) is 6.92 Å². The lowest BCUT2D eigenvalue weighted by molar-refractivity contribution is -0.194. The van der Waals surface area contributed by atoms with Gasteiger partial charge in [0.05, 0.1) is 0 Å². The Morgan fingerprint density at radius 2 is 2.06 bits per heavy atom. The highest BCUT2D eigenvalue weighted by Gasteiger charge is 2.56. The molecule has 0 bridgehead atoms. The van der Waals surface area contributed by atoms with Gasteiger partial charge < -0.3 is 10.6 Å². The summed E-state index contributed by atoms with van der Waals surface area (Å²) in [4.78, 5) is 13.0. The minimum absolute atomic E-state index is 0.0993. The van der Waals surface area contributed by atoms with Crippen LogP contribution in [0.4, 0.5) is 13.2 Å². The van der Waals surface area contributed by atoms with E-state index in [1.54, 1.807) is 0 Å². The van der Waals surface area contributed by atoms with Crippen molar-refractivity contribution >= 4 is 5.91 Å². The van der Waals surface area contributed by atoms with Crippen molar-refractivity contribution in [1.82, 2.24) is 4.90 Å². The van der Waals surface area contributed by atoms with Crippen LogP contribution in [-0.4, -0.2) is 35.1 Å². The average molecular weight is 238 g/mol. The Morgan fingerprint density at radius 3 is 2.50 bits per heavy atom. The first-order chi connectivity index (χ1) is 7.21. The lowest BCUT2D eigenvalue weighted by Crippen LogP contribution is -2.62. The van der Waals surface area contributed by atoms with Crippen LogP contribution in [0.5, 0.6) is 0 Å². The SMILES string of the molecule is CCC1CCCN1C(=O)C(C)(N)C(F)(F)F. The zero-order chi connectivity index (χ0) is 12.6. The number of halogens is 3. The van der Waals surface area contributed by atoms with Gasteiger partial charge in [-0.2, -0.15) is 13.2 Å². The number of rotatable bonds is 2. The lowest BCUT2D eigenvalue weighted by Gasteiger charge is -2.33. The molecular weight excluding hydrogens is 221 g/mol. The first-order valence-corrected chi connectivity index (χ1v) is 5.38. The van der Waals surface area contributed by atoms with Crippen LogP contribution >= 0.6 is 0 Å². The summed E-state index contributed by atoms with van der Waals surface area (Å²) >= 11 is 0. The number of carbonyl (C=O) groups excluding carboxylic acids is 1. The third-order valence-corrected chi connectivity index (χ3v) is 3.14. The van der Waals surface area contributed by atoms with Crippen LogP contribution in [0.15, 0.2) is 0 Å². The number of nitrogens with zero attached hydrogens (tertiary/aromatic N) is 1. The molecule has 0 aliphatic carbocycles. The van der Waals surface area contributed by atoms with Crippen molar-refractivity contribution in [3.8, 4) is 0 Å². The van der Waals surface area contributed by atoms with Gasteiger partial charge in [-0.05, 0) is 26.2 Å². The second-order valence-corrected chi connectivity index (χ2v) is 4.40. The van der Waals surface area contributed by atoms with Gasteiger partial charge >= 0.3 is 6.18 Å². The molecule has 2 atom stereocenters. The van der Waals surface area contributed by atoms with Crippen LogP contribution < -0.4 is 5.73 Å². The molecule has 0 radical (unpaired) electrons. The summed E-state index contributed by atoms with van der Waals surface area (Å²) in [5.41, 5.74) is 2.34. The molecule has 1 fully saturated rings. The predicted octanol–water partition coefficient (Wildman–Crippen LogP) is 1.67. The summed E-state index contributed by atoms with van der Waals surface area (Å²) in [6, 6.07) is -0.0993. The van der Waals surface area contributed by atoms with Gasteiger partial charge in [0.25, 0.3) is 5.91 Å². The van der Waals surface area contributed by atoms with E-state index in [1.165, 1.54) is 4.90 Å². The van der Waals surface area contributed by atoms with Gasteiger partial charge in [0, 0.05) is 12.6 Å². The molecule has 0 saturated carbocycles. The maximum absolute atomic E-state index is 12.6. The maximum Gasteiger partial charge on any atom is 0.415 e. The second kappa shape index (κ2) is 4.24. The van der Waals surface area contributed by atoms with Crippen LogP contribution in [0.25, 0.3) is 0 Å². The summed E-state index contributed by atoms with van der Waals surface area (Å²) in [6.07, 6.45) is -2.53. The molecule has 0 spiro atoms. The molecule has 0 aromatic carbocycles. The van der Waals surface area contributed by atoms with Gasteiger partial charge in [-0.1, -0.05) is 6.92 Å².